The van der Waals surface area contributed by atoms with Crippen molar-refractivity contribution in [1.82, 2.24) is 0 Å². The summed E-state index contributed by atoms with van der Waals surface area (Å²) in [6.07, 6.45) is 0. The Balaban J connectivity index is 0.000000516. The maximum absolute atomic E-state index is 13.2. The fourth-order valence-electron chi connectivity index (χ4n) is 1.87. The van der Waals surface area contributed by atoms with Crippen LogP contribution in [0.15, 0.2) is 68.9 Å². The van der Waals surface area contributed by atoms with Gasteiger partial charge in [0.2, 0.25) is 0 Å². The molecule has 4 N–H and O–H groups in total. The standard InChI is InChI=1S/2C9H10FN3S.Mo.2O/c2*1-6(12-13-9(11)14)7-4-2-3-5-8(7)10;;;/h2*2-5H,1H3,(H3,11,13,14);;;/q;;+2;;/p-2/b2*12-6-;;;. The second kappa shape index (κ2) is 16.1. The average Bonchev–Trinajstić information content (AvgIpc) is 2.72. The molecule has 0 aliphatic rings. The molecule has 2 aromatic carbocycles. The average molecular weight is 548 g/mol. The quantitative estimate of drug-likeness (QED) is 0.198. The first-order valence-corrected chi connectivity index (χ1v) is 10.6. The molecule has 0 radical (unpaired) electrons. The molecule has 0 aliphatic carbocycles. The summed E-state index contributed by atoms with van der Waals surface area (Å²) < 4.78 is 43.4. The molecule has 0 spiro atoms. The third kappa shape index (κ3) is 12.6. The van der Waals surface area contributed by atoms with Crippen molar-refractivity contribution in [2.45, 2.75) is 13.8 Å². The van der Waals surface area contributed by atoms with Gasteiger partial charge in [-0.05, 0) is 36.3 Å². The Morgan fingerprint density at radius 1 is 0.742 bits per heavy atom. The van der Waals surface area contributed by atoms with Crippen molar-refractivity contribution in [3.63, 3.8) is 0 Å². The number of rotatable bonds is 4. The van der Waals surface area contributed by atoms with E-state index in [1.165, 1.54) is 12.1 Å². The number of hydrogen-bond donors (Lipinski definition) is 2. The minimum atomic E-state index is -2.03. The van der Waals surface area contributed by atoms with E-state index in [0.29, 0.717) is 22.6 Å². The fraction of sp³-hybridized carbons (Fsp3) is 0.111. The molecule has 0 unspecified atom stereocenters. The summed E-state index contributed by atoms with van der Waals surface area (Å²) in [6, 6.07) is 12.6. The van der Waals surface area contributed by atoms with Crippen LogP contribution < -0.4 is 11.5 Å². The van der Waals surface area contributed by atoms with Crippen LogP contribution >= 0.6 is 0 Å². The van der Waals surface area contributed by atoms with Gasteiger partial charge in [0.05, 0.1) is 11.4 Å². The van der Waals surface area contributed by atoms with Gasteiger partial charge < -0.3 is 36.7 Å². The molecule has 2 aromatic rings. The summed E-state index contributed by atoms with van der Waals surface area (Å²) in [4.78, 5) is 0. The van der Waals surface area contributed by atoms with Gasteiger partial charge in [-0.25, -0.2) is 8.78 Å². The molecule has 8 nitrogen and oxygen atoms in total. The van der Waals surface area contributed by atoms with E-state index in [-0.39, 0.29) is 22.0 Å². The number of halogens is 2. The molecule has 31 heavy (non-hydrogen) atoms. The molecule has 0 aliphatic heterocycles. The van der Waals surface area contributed by atoms with E-state index in [1.54, 1.807) is 50.2 Å². The molecule has 0 heterocycles. The first-order chi connectivity index (χ1) is 14.6. The van der Waals surface area contributed by atoms with Crippen molar-refractivity contribution in [1.29, 1.82) is 0 Å². The van der Waals surface area contributed by atoms with E-state index in [9.17, 15) is 8.78 Å². The first-order valence-electron chi connectivity index (χ1n) is 8.15. The predicted octanol–water partition coefficient (Wildman–Crippen LogP) is 2.58. The predicted molar refractivity (Wildman–Crippen MR) is 117 cm³/mol. The first kappa shape index (κ1) is 28.3. The number of amidine groups is 2. The summed E-state index contributed by atoms with van der Waals surface area (Å²) in [6.45, 7) is 3.28. The van der Waals surface area contributed by atoms with Gasteiger partial charge in [0, 0.05) is 11.1 Å². The second-order valence-corrected chi connectivity index (χ2v) is 6.45. The van der Waals surface area contributed by atoms with E-state index in [1.807, 2.05) is 0 Å². The fourth-order valence-corrected chi connectivity index (χ4v) is 1.95. The van der Waals surface area contributed by atoms with E-state index in [2.05, 4.69) is 45.7 Å². The van der Waals surface area contributed by atoms with Crippen LogP contribution in [0.1, 0.15) is 25.0 Å². The van der Waals surface area contributed by atoms with Crippen molar-refractivity contribution >= 4 is 47.0 Å². The van der Waals surface area contributed by atoms with E-state index < -0.39 is 18.5 Å². The van der Waals surface area contributed by atoms with Crippen LogP contribution in [0.4, 0.5) is 8.78 Å². The van der Waals surface area contributed by atoms with Crippen molar-refractivity contribution in [3.05, 3.63) is 71.3 Å². The van der Waals surface area contributed by atoms with Crippen molar-refractivity contribution in [3.8, 4) is 0 Å². The number of hydrogen-bond acceptors (Lipinski definition) is 8. The number of benzene rings is 2. The topological polar surface area (TPSA) is 136 Å². The monoisotopic (exact) mass is 550 g/mol. The summed E-state index contributed by atoms with van der Waals surface area (Å²) in [7, 11) is 0. The minimum absolute atomic E-state index is 0.0688. The molecule has 0 saturated carbocycles. The molecule has 0 fully saturated rings. The van der Waals surface area contributed by atoms with Crippen LogP contribution in [0.2, 0.25) is 0 Å². The van der Waals surface area contributed by atoms with E-state index in [0.717, 1.165) is 0 Å². The molecule has 164 valence electrons. The van der Waals surface area contributed by atoms with Crippen LogP contribution in [0.3, 0.4) is 0 Å². The molecule has 0 aromatic heterocycles. The normalized spacial score (nSPS) is 12.0. The van der Waals surface area contributed by atoms with Gasteiger partial charge in [-0.15, -0.1) is 0 Å². The molecular formula is C18H18F2MoN6O2S2. The van der Waals surface area contributed by atoms with Crippen molar-refractivity contribution in [2.24, 2.45) is 31.9 Å². The Morgan fingerprint density at radius 3 is 1.29 bits per heavy atom. The van der Waals surface area contributed by atoms with Crippen LogP contribution in [0, 0.1) is 11.6 Å². The molecule has 0 bridgehead atoms. The Labute approximate surface area is 197 Å². The number of nitrogens with two attached hydrogens (primary N) is 2. The summed E-state index contributed by atoms with van der Waals surface area (Å²) in [5.41, 5.74) is 11.9. The third-order valence-electron chi connectivity index (χ3n) is 3.12. The summed E-state index contributed by atoms with van der Waals surface area (Å²) >= 11 is 6.98. The molecule has 0 amide bonds. The van der Waals surface area contributed by atoms with Gasteiger partial charge in [-0.2, -0.15) is 20.4 Å². The zero-order valence-corrected chi connectivity index (χ0v) is 20.0. The Morgan fingerprint density at radius 2 is 1.03 bits per heavy atom. The van der Waals surface area contributed by atoms with Crippen molar-refractivity contribution in [2.75, 3.05) is 0 Å². The SMILES string of the molecule is C/C(=N/N=C(/N)[S-])c1ccccc1F.C/C(=N/N=C(/N)[S-])c1ccccc1F.[O]=[Mo+2]=[O]. The molecule has 13 heteroatoms. The second-order valence-electron chi connectivity index (χ2n) is 5.28. The van der Waals surface area contributed by atoms with Gasteiger partial charge in [-0.1, -0.05) is 36.4 Å². The molecule has 0 saturated heterocycles. The van der Waals surface area contributed by atoms with Crippen LogP contribution in [-0.4, -0.2) is 21.8 Å². The molecular weight excluding hydrogens is 530 g/mol. The van der Waals surface area contributed by atoms with Crippen LogP contribution in [-0.2, 0) is 50.5 Å². The van der Waals surface area contributed by atoms with Gasteiger partial charge >= 0.3 is 25.3 Å². The van der Waals surface area contributed by atoms with E-state index in [4.69, 9.17) is 18.3 Å². The zero-order chi connectivity index (χ0) is 23.8. The van der Waals surface area contributed by atoms with Crippen LogP contribution in [0.5, 0.6) is 0 Å². The van der Waals surface area contributed by atoms with Gasteiger partial charge in [0.1, 0.15) is 11.6 Å². The Bertz CT molecular complexity index is 942. The van der Waals surface area contributed by atoms with Gasteiger partial charge in [0.25, 0.3) is 0 Å². The third-order valence-corrected chi connectivity index (χ3v) is 3.29. The molecule has 0 atom stereocenters. The maximum atomic E-state index is 13.2. The van der Waals surface area contributed by atoms with Gasteiger partial charge in [0.15, 0.2) is 0 Å². The number of nitrogens with zero attached hydrogens (tertiary/aromatic N) is 4. The van der Waals surface area contributed by atoms with Crippen LogP contribution in [0.25, 0.3) is 0 Å². The summed E-state index contributed by atoms with van der Waals surface area (Å²) in [5.74, 6) is -0.682. The Kier molecular flexibility index (Phi) is 14.7. The van der Waals surface area contributed by atoms with Crippen molar-refractivity contribution < 1.29 is 34.1 Å². The molecule has 2 rings (SSSR count). The van der Waals surface area contributed by atoms with Gasteiger partial charge in [-0.3, -0.25) is 0 Å². The summed E-state index contributed by atoms with van der Waals surface area (Å²) in [5, 5.41) is 14.2. The zero-order valence-electron chi connectivity index (χ0n) is 16.4. The Hall–Kier alpha value is -2.69. The van der Waals surface area contributed by atoms with E-state index >= 15 is 0 Å².